The van der Waals surface area contributed by atoms with Crippen molar-refractivity contribution in [1.29, 1.82) is 0 Å². The molecule has 1 saturated heterocycles. The van der Waals surface area contributed by atoms with Crippen molar-refractivity contribution in [3.8, 4) is 0 Å². The molecule has 2 rings (SSSR count). The van der Waals surface area contributed by atoms with Crippen LogP contribution in [0.1, 0.15) is 24.9 Å². The molecule has 0 unspecified atom stereocenters. The number of benzene rings is 1. The number of halogens is 3. The Labute approximate surface area is 133 Å². The number of hydrogen-bond donors (Lipinski definition) is 1. The summed E-state index contributed by atoms with van der Waals surface area (Å²) in [4.78, 5) is 2.35. The summed E-state index contributed by atoms with van der Waals surface area (Å²) in [6.45, 7) is 9.87. The van der Waals surface area contributed by atoms with Gasteiger partial charge in [-0.1, -0.05) is 23.8 Å². The normalized spacial score (nSPS) is 16.7. The fraction of sp³-hybridized carbons (Fsp3) is 0.467. The van der Waals surface area contributed by atoms with E-state index in [0.29, 0.717) is 0 Å². The predicted molar refractivity (Wildman–Crippen MR) is 87.5 cm³/mol. The first-order chi connectivity index (χ1) is 8.68. The SMILES string of the molecule is C=C(C)C[C@H](c1ccccc1F)N1CCNCC1.Cl.Cl. The van der Waals surface area contributed by atoms with Gasteiger partial charge >= 0.3 is 0 Å². The van der Waals surface area contributed by atoms with Crippen LogP contribution in [0.5, 0.6) is 0 Å². The molecule has 1 aromatic carbocycles. The first-order valence-electron chi connectivity index (χ1n) is 6.52. The minimum Gasteiger partial charge on any atom is -0.314 e. The highest BCUT2D eigenvalue weighted by Crippen LogP contribution is 2.29. The molecule has 1 aliphatic rings. The summed E-state index contributed by atoms with van der Waals surface area (Å²) in [5.41, 5.74) is 1.89. The molecule has 20 heavy (non-hydrogen) atoms. The van der Waals surface area contributed by atoms with Crippen LogP contribution in [0.2, 0.25) is 0 Å². The molecular weight excluding hydrogens is 298 g/mol. The Morgan fingerprint density at radius 3 is 2.45 bits per heavy atom. The Morgan fingerprint density at radius 2 is 1.90 bits per heavy atom. The molecule has 0 bridgehead atoms. The van der Waals surface area contributed by atoms with Gasteiger partial charge in [0, 0.05) is 37.8 Å². The Kier molecular flexibility index (Phi) is 9.06. The Balaban J connectivity index is 0.00000180. The average molecular weight is 321 g/mol. The van der Waals surface area contributed by atoms with Gasteiger partial charge in [0.15, 0.2) is 0 Å². The van der Waals surface area contributed by atoms with E-state index in [-0.39, 0.29) is 36.7 Å². The smallest absolute Gasteiger partial charge is 0.127 e. The minimum absolute atomic E-state index is 0. The molecule has 1 atom stereocenters. The molecule has 1 heterocycles. The van der Waals surface area contributed by atoms with Crippen LogP contribution >= 0.6 is 24.8 Å². The Morgan fingerprint density at radius 1 is 1.30 bits per heavy atom. The third-order valence-electron chi connectivity index (χ3n) is 3.40. The van der Waals surface area contributed by atoms with E-state index in [1.54, 1.807) is 12.1 Å². The van der Waals surface area contributed by atoms with Crippen LogP contribution in [-0.2, 0) is 0 Å². The largest absolute Gasteiger partial charge is 0.314 e. The second-order valence-electron chi connectivity index (χ2n) is 4.98. The molecule has 5 heteroatoms. The number of rotatable bonds is 4. The topological polar surface area (TPSA) is 15.3 Å². The van der Waals surface area contributed by atoms with Crippen molar-refractivity contribution in [1.82, 2.24) is 10.2 Å². The van der Waals surface area contributed by atoms with Crippen molar-refractivity contribution >= 4 is 24.8 Å². The lowest BCUT2D eigenvalue weighted by molar-refractivity contribution is 0.169. The third-order valence-corrected chi connectivity index (χ3v) is 3.40. The number of nitrogens with zero attached hydrogens (tertiary/aromatic N) is 1. The van der Waals surface area contributed by atoms with Gasteiger partial charge in [0.2, 0.25) is 0 Å². The average Bonchev–Trinajstić information content (AvgIpc) is 2.38. The van der Waals surface area contributed by atoms with E-state index in [2.05, 4.69) is 16.8 Å². The zero-order valence-electron chi connectivity index (χ0n) is 11.8. The molecule has 114 valence electrons. The van der Waals surface area contributed by atoms with Crippen LogP contribution in [0.3, 0.4) is 0 Å². The van der Waals surface area contributed by atoms with Gasteiger partial charge in [-0.2, -0.15) is 0 Å². The van der Waals surface area contributed by atoms with Crippen LogP contribution in [0.25, 0.3) is 0 Å². The van der Waals surface area contributed by atoms with Gasteiger partial charge in [0.05, 0.1) is 0 Å². The monoisotopic (exact) mass is 320 g/mol. The van der Waals surface area contributed by atoms with E-state index < -0.39 is 0 Å². The Bertz CT molecular complexity index is 420. The van der Waals surface area contributed by atoms with Crippen LogP contribution in [0, 0.1) is 5.82 Å². The van der Waals surface area contributed by atoms with Crippen molar-refractivity contribution in [3.05, 3.63) is 47.8 Å². The van der Waals surface area contributed by atoms with E-state index in [4.69, 9.17) is 0 Å². The van der Waals surface area contributed by atoms with E-state index in [9.17, 15) is 4.39 Å². The predicted octanol–water partition coefficient (Wildman–Crippen LogP) is 3.58. The quantitative estimate of drug-likeness (QED) is 0.853. The highest BCUT2D eigenvalue weighted by molar-refractivity contribution is 5.85. The molecule has 1 aliphatic heterocycles. The lowest BCUT2D eigenvalue weighted by Gasteiger charge is -2.35. The van der Waals surface area contributed by atoms with Crippen molar-refractivity contribution < 1.29 is 4.39 Å². The van der Waals surface area contributed by atoms with Gasteiger partial charge in [-0.25, -0.2) is 4.39 Å². The fourth-order valence-corrected chi connectivity index (χ4v) is 2.50. The van der Waals surface area contributed by atoms with E-state index in [0.717, 1.165) is 43.7 Å². The molecule has 0 spiro atoms. The van der Waals surface area contributed by atoms with Crippen LogP contribution in [-0.4, -0.2) is 31.1 Å². The van der Waals surface area contributed by atoms with Crippen LogP contribution in [0.15, 0.2) is 36.4 Å². The lowest BCUT2D eigenvalue weighted by Crippen LogP contribution is -2.45. The number of hydrogen-bond acceptors (Lipinski definition) is 2. The van der Waals surface area contributed by atoms with Gasteiger partial charge in [-0.05, 0) is 19.4 Å². The van der Waals surface area contributed by atoms with Crippen molar-refractivity contribution in [2.24, 2.45) is 0 Å². The number of nitrogens with one attached hydrogen (secondary N) is 1. The second kappa shape index (κ2) is 9.35. The summed E-state index contributed by atoms with van der Waals surface area (Å²) < 4.78 is 14.0. The molecule has 1 fully saturated rings. The van der Waals surface area contributed by atoms with Crippen molar-refractivity contribution in [2.45, 2.75) is 19.4 Å². The first-order valence-corrected chi connectivity index (χ1v) is 6.52. The highest BCUT2D eigenvalue weighted by Gasteiger charge is 2.24. The third kappa shape index (κ3) is 5.06. The van der Waals surface area contributed by atoms with Gasteiger partial charge in [0.1, 0.15) is 5.82 Å². The van der Waals surface area contributed by atoms with Gasteiger partial charge in [-0.3, -0.25) is 4.90 Å². The zero-order chi connectivity index (χ0) is 13.0. The fourth-order valence-electron chi connectivity index (χ4n) is 2.50. The van der Waals surface area contributed by atoms with Gasteiger partial charge in [-0.15, -0.1) is 31.4 Å². The molecule has 0 radical (unpaired) electrons. The van der Waals surface area contributed by atoms with Crippen molar-refractivity contribution in [3.63, 3.8) is 0 Å². The highest BCUT2D eigenvalue weighted by atomic mass is 35.5. The summed E-state index contributed by atoms with van der Waals surface area (Å²) in [6, 6.07) is 7.21. The van der Waals surface area contributed by atoms with E-state index in [1.807, 2.05) is 19.1 Å². The maximum Gasteiger partial charge on any atom is 0.127 e. The second-order valence-corrected chi connectivity index (χ2v) is 4.98. The molecular formula is C15H23Cl2FN2. The van der Waals surface area contributed by atoms with Crippen LogP contribution < -0.4 is 5.32 Å². The summed E-state index contributed by atoms with van der Waals surface area (Å²) in [6.07, 6.45) is 0.820. The van der Waals surface area contributed by atoms with Gasteiger partial charge < -0.3 is 5.32 Å². The molecule has 1 N–H and O–H groups in total. The molecule has 0 amide bonds. The summed E-state index contributed by atoms with van der Waals surface area (Å²) in [5.74, 6) is -0.109. The summed E-state index contributed by atoms with van der Waals surface area (Å²) in [5, 5.41) is 3.33. The van der Waals surface area contributed by atoms with Gasteiger partial charge in [0.25, 0.3) is 0 Å². The lowest BCUT2D eigenvalue weighted by atomic mass is 9.97. The first kappa shape index (κ1) is 19.4. The van der Waals surface area contributed by atoms with E-state index in [1.165, 1.54) is 0 Å². The minimum atomic E-state index is -0.109. The molecule has 2 nitrogen and oxygen atoms in total. The summed E-state index contributed by atoms with van der Waals surface area (Å²) in [7, 11) is 0. The molecule has 0 aromatic heterocycles. The standard InChI is InChI=1S/C15H21FN2.2ClH/c1-12(2)11-15(18-9-7-17-8-10-18)13-5-3-4-6-14(13)16;;/h3-6,15,17H,1,7-11H2,2H3;2*1H/t15-;;/m1../s1. The molecule has 0 saturated carbocycles. The van der Waals surface area contributed by atoms with Crippen LogP contribution in [0.4, 0.5) is 4.39 Å². The maximum atomic E-state index is 14.0. The molecule has 0 aliphatic carbocycles. The van der Waals surface area contributed by atoms with Crippen molar-refractivity contribution in [2.75, 3.05) is 26.2 Å². The molecule has 1 aromatic rings. The maximum absolute atomic E-state index is 14.0. The number of piperazine rings is 1. The van der Waals surface area contributed by atoms with E-state index >= 15 is 0 Å². The zero-order valence-corrected chi connectivity index (χ0v) is 13.4. The Hall–Kier alpha value is -0.610. The summed E-state index contributed by atoms with van der Waals surface area (Å²) >= 11 is 0.